The third kappa shape index (κ3) is 3.88. The second kappa shape index (κ2) is 8.63. The van der Waals surface area contributed by atoms with E-state index in [2.05, 4.69) is 5.92 Å². The number of hydrogen-bond acceptors (Lipinski definition) is 2. The van der Waals surface area contributed by atoms with Crippen molar-refractivity contribution in [2.75, 3.05) is 0 Å². The SMILES string of the molecule is C#Cc1cc(-c2ccccc2)cc(-c2cc(-c3ccccc3)ccc2C(=O)O)c1C(=O)O. The van der Waals surface area contributed by atoms with E-state index in [0.717, 1.165) is 16.7 Å². The van der Waals surface area contributed by atoms with Crippen molar-refractivity contribution in [1.82, 2.24) is 0 Å². The van der Waals surface area contributed by atoms with Crippen LogP contribution in [0.25, 0.3) is 33.4 Å². The van der Waals surface area contributed by atoms with E-state index in [0.29, 0.717) is 11.1 Å². The zero-order chi connectivity index (χ0) is 22.7. The lowest BCUT2D eigenvalue weighted by atomic mass is 9.87. The Morgan fingerprint density at radius 2 is 1.19 bits per heavy atom. The first-order valence-electron chi connectivity index (χ1n) is 9.86. The van der Waals surface area contributed by atoms with E-state index in [1.165, 1.54) is 6.07 Å². The lowest BCUT2D eigenvalue weighted by Crippen LogP contribution is -2.07. The molecule has 0 amide bonds. The Hall–Kier alpha value is -4.62. The maximum atomic E-state index is 12.2. The molecule has 0 aromatic heterocycles. The Labute approximate surface area is 185 Å². The molecule has 0 saturated heterocycles. The van der Waals surface area contributed by atoms with Crippen LogP contribution in [0.4, 0.5) is 0 Å². The number of terminal acetylenes is 1. The molecule has 0 fully saturated rings. The molecule has 154 valence electrons. The molecule has 4 rings (SSSR count). The van der Waals surface area contributed by atoms with Crippen LogP contribution in [-0.4, -0.2) is 22.2 Å². The van der Waals surface area contributed by atoms with Crippen LogP contribution in [0.15, 0.2) is 91.0 Å². The largest absolute Gasteiger partial charge is 0.478 e. The highest BCUT2D eigenvalue weighted by molar-refractivity contribution is 6.05. The van der Waals surface area contributed by atoms with Crippen LogP contribution >= 0.6 is 0 Å². The molecule has 0 unspecified atom stereocenters. The summed E-state index contributed by atoms with van der Waals surface area (Å²) in [6.07, 6.45) is 5.67. The van der Waals surface area contributed by atoms with Crippen molar-refractivity contribution in [3.63, 3.8) is 0 Å². The van der Waals surface area contributed by atoms with Crippen molar-refractivity contribution in [3.05, 3.63) is 108 Å². The van der Waals surface area contributed by atoms with Crippen LogP contribution in [0, 0.1) is 12.3 Å². The van der Waals surface area contributed by atoms with E-state index in [9.17, 15) is 19.8 Å². The van der Waals surface area contributed by atoms with Crippen LogP contribution in [-0.2, 0) is 0 Å². The number of aromatic carboxylic acids is 2. The average Bonchev–Trinajstić information content (AvgIpc) is 2.83. The van der Waals surface area contributed by atoms with Gasteiger partial charge >= 0.3 is 11.9 Å². The Morgan fingerprint density at radius 1 is 0.625 bits per heavy atom. The molecule has 0 aliphatic heterocycles. The van der Waals surface area contributed by atoms with Crippen molar-refractivity contribution in [2.24, 2.45) is 0 Å². The molecule has 4 heteroatoms. The molecule has 2 N–H and O–H groups in total. The van der Waals surface area contributed by atoms with E-state index in [4.69, 9.17) is 6.42 Å². The fraction of sp³-hybridized carbons (Fsp3) is 0. The Morgan fingerprint density at radius 3 is 1.72 bits per heavy atom. The molecule has 0 spiro atoms. The van der Waals surface area contributed by atoms with Crippen molar-refractivity contribution < 1.29 is 19.8 Å². The van der Waals surface area contributed by atoms with Gasteiger partial charge in [0.25, 0.3) is 0 Å². The van der Waals surface area contributed by atoms with E-state index in [-0.39, 0.29) is 22.3 Å². The lowest BCUT2D eigenvalue weighted by molar-refractivity contribution is 0.0684. The Kier molecular flexibility index (Phi) is 5.57. The summed E-state index contributed by atoms with van der Waals surface area (Å²) >= 11 is 0. The molecule has 0 saturated carbocycles. The topological polar surface area (TPSA) is 74.6 Å². The van der Waals surface area contributed by atoms with Crippen LogP contribution in [0.2, 0.25) is 0 Å². The third-order valence-corrected chi connectivity index (χ3v) is 5.26. The molecule has 0 bridgehead atoms. The maximum absolute atomic E-state index is 12.2. The molecular weight excluding hydrogens is 400 g/mol. The molecular formula is C28H18O4. The van der Waals surface area contributed by atoms with Crippen LogP contribution in [0.1, 0.15) is 26.3 Å². The van der Waals surface area contributed by atoms with Gasteiger partial charge in [0.15, 0.2) is 0 Å². The summed E-state index contributed by atoms with van der Waals surface area (Å²) in [6, 6.07) is 27.1. The molecule has 0 aliphatic rings. The monoisotopic (exact) mass is 418 g/mol. The van der Waals surface area contributed by atoms with E-state index in [1.54, 1.807) is 24.3 Å². The first-order chi connectivity index (χ1) is 15.5. The Balaban J connectivity index is 2.06. The molecule has 0 radical (unpaired) electrons. The van der Waals surface area contributed by atoms with Crippen molar-refractivity contribution in [3.8, 4) is 45.7 Å². The summed E-state index contributed by atoms with van der Waals surface area (Å²) in [6.45, 7) is 0. The summed E-state index contributed by atoms with van der Waals surface area (Å²) in [5.41, 5.74) is 3.87. The molecule has 4 nitrogen and oxygen atoms in total. The lowest BCUT2D eigenvalue weighted by Gasteiger charge is -2.16. The Bertz CT molecular complexity index is 1360. The second-order valence-electron chi connectivity index (χ2n) is 7.19. The number of carboxylic acids is 2. The van der Waals surface area contributed by atoms with E-state index < -0.39 is 11.9 Å². The van der Waals surface area contributed by atoms with E-state index >= 15 is 0 Å². The number of rotatable bonds is 5. The van der Waals surface area contributed by atoms with Gasteiger partial charge in [-0.1, -0.05) is 72.7 Å². The molecule has 0 aliphatic carbocycles. The molecule has 4 aromatic rings. The third-order valence-electron chi connectivity index (χ3n) is 5.26. The van der Waals surface area contributed by atoms with Crippen LogP contribution < -0.4 is 0 Å². The second-order valence-corrected chi connectivity index (χ2v) is 7.19. The van der Waals surface area contributed by atoms with Crippen molar-refractivity contribution in [1.29, 1.82) is 0 Å². The minimum atomic E-state index is -1.21. The fourth-order valence-electron chi connectivity index (χ4n) is 3.76. The summed E-state index contributed by atoms with van der Waals surface area (Å²) in [5.74, 6) is 0.100. The maximum Gasteiger partial charge on any atom is 0.337 e. The van der Waals surface area contributed by atoms with Gasteiger partial charge in [0.2, 0.25) is 0 Å². The summed E-state index contributed by atoms with van der Waals surface area (Å²) in [7, 11) is 0. The van der Waals surface area contributed by atoms with Gasteiger partial charge in [0.1, 0.15) is 0 Å². The first kappa shape index (κ1) is 20.6. The van der Waals surface area contributed by atoms with Crippen LogP contribution in [0.3, 0.4) is 0 Å². The molecule has 0 heterocycles. The highest BCUT2D eigenvalue weighted by Crippen LogP contribution is 2.36. The summed E-state index contributed by atoms with van der Waals surface area (Å²) < 4.78 is 0. The minimum Gasteiger partial charge on any atom is -0.478 e. The zero-order valence-corrected chi connectivity index (χ0v) is 16.9. The van der Waals surface area contributed by atoms with Gasteiger partial charge in [-0.2, -0.15) is 0 Å². The quantitative estimate of drug-likeness (QED) is 0.386. The number of carboxylic acid groups (broad SMARTS) is 2. The highest BCUT2D eigenvalue weighted by atomic mass is 16.4. The number of hydrogen-bond donors (Lipinski definition) is 2. The van der Waals surface area contributed by atoms with Gasteiger partial charge in [-0.15, -0.1) is 6.42 Å². The van der Waals surface area contributed by atoms with Gasteiger partial charge in [-0.3, -0.25) is 0 Å². The predicted molar refractivity (Wildman–Crippen MR) is 125 cm³/mol. The summed E-state index contributed by atoms with van der Waals surface area (Å²) in [5, 5.41) is 19.8. The van der Waals surface area contributed by atoms with Gasteiger partial charge in [0, 0.05) is 5.56 Å². The van der Waals surface area contributed by atoms with E-state index in [1.807, 2.05) is 60.7 Å². The minimum absolute atomic E-state index is 0.000337. The van der Waals surface area contributed by atoms with Crippen molar-refractivity contribution >= 4 is 11.9 Å². The van der Waals surface area contributed by atoms with Gasteiger partial charge in [-0.25, -0.2) is 9.59 Å². The standard InChI is InChI=1S/C28H18O4/c1-2-18-15-22(20-11-7-4-8-12-20)17-25(26(18)28(31)32)24-16-21(13-14-23(24)27(29)30)19-9-5-3-6-10-19/h1,3-17H,(H,29,30)(H,31,32). The zero-order valence-electron chi connectivity index (χ0n) is 16.9. The predicted octanol–water partition coefficient (Wildman–Crippen LogP) is 6.07. The van der Waals surface area contributed by atoms with Gasteiger partial charge in [0.05, 0.1) is 11.1 Å². The molecule has 4 aromatic carbocycles. The van der Waals surface area contributed by atoms with Gasteiger partial charge in [-0.05, 0) is 57.6 Å². The van der Waals surface area contributed by atoms with Crippen molar-refractivity contribution in [2.45, 2.75) is 0 Å². The summed E-state index contributed by atoms with van der Waals surface area (Å²) in [4.78, 5) is 24.3. The smallest absolute Gasteiger partial charge is 0.337 e. The molecule has 32 heavy (non-hydrogen) atoms. The molecule has 0 atom stereocenters. The average molecular weight is 418 g/mol. The first-order valence-corrected chi connectivity index (χ1v) is 9.86. The van der Waals surface area contributed by atoms with Crippen LogP contribution in [0.5, 0.6) is 0 Å². The highest BCUT2D eigenvalue weighted by Gasteiger charge is 2.22. The normalized spacial score (nSPS) is 10.3. The number of carbonyl (C=O) groups is 2. The fourth-order valence-corrected chi connectivity index (χ4v) is 3.76. The number of benzene rings is 4. The van der Waals surface area contributed by atoms with Gasteiger partial charge < -0.3 is 10.2 Å².